The van der Waals surface area contributed by atoms with Crippen molar-refractivity contribution in [2.75, 3.05) is 13.2 Å². The van der Waals surface area contributed by atoms with Crippen molar-refractivity contribution in [1.82, 2.24) is 0 Å². The van der Waals surface area contributed by atoms with E-state index in [1.54, 1.807) is 20.8 Å². The van der Waals surface area contributed by atoms with Gasteiger partial charge in [-0.15, -0.1) is 0 Å². The van der Waals surface area contributed by atoms with E-state index in [1.807, 2.05) is 20.8 Å². The molecule has 0 saturated carbocycles. The van der Waals surface area contributed by atoms with Gasteiger partial charge in [-0.1, -0.05) is 41.5 Å². The molecule has 0 fully saturated rings. The first kappa shape index (κ1) is 28.5. The third-order valence-electron chi connectivity index (χ3n) is 3.94. The van der Waals surface area contributed by atoms with Gasteiger partial charge < -0.3 is 25.2 Å². The monoisotopic (exact) mass is 455 g/mol. The first-order valence-corrected chi connectivity index (χ1v) is 11.1. The molecule has 11 nitrogen and oxygen atoms in total. The maximum Gasteiger partial charge on any atom is 0.472 e. The van der Waals surface area contributed by atoms with E-state index >= 15 is 0 Å². The second kappa shape index (κ2) is 12.4. The van der Waals surface area contributed by atoms with E-state index in [2.05, 4.69) is 4.52 Å². The van der Waals surface area contributed by atoms with Gasteiger partial charge in [0.2, 0.25) is 0 Å². The molecule has 3 unspecified atom stereocenters. The third kappa shape index (κ3) is 12.2. The molecule has 0 heterocycles. The van der Waals surface area contributed by atoms with E-state index in [0.29, 0.717) is 12.8 Å². The first-order chi connectivity index (χ1) is 13.6. The molecule has 0 aromatic carbocycles. The molecule has 0 rings (SSSR count). The van der Waals surface area contributed by atoms with Gasteiger partial charge in [-0.05, 0) is 18.3 Å². The Balaban J connectivity index is 5.08. The van der Waals surface area contributed by atoms with Crippen LogP contribution in [-0.2, 0) is 37.5 Å². The third-order valence-corrected chi connectivity index (χ3v) is 4.89. The highest BCUT2D eigenvalue weighted by molar-refractivity contribution is 7.47. The molecule has 5 atom stereocenters. The molecule has 0 aliphatic carbocycles. The SMILES string of the molecule is CCC(C)C(=O)O[C@H](COP(=O)(O)OC[C@H](N)C(=O)O)OC(=O)C(C)CC(C)(C)C. The highest BCUT2D eigenvalue weighted by atomic mass is 31.2. The van der Waals surface area contributed by atoms with Crippen molar-refractivity contribution in [3.63, 3.8) is 0 Å². The smallest absolute Gasteiger partial charge is 0.472 e. The number of nitrogens with two attached hydrogens (primary N) is 1. The Morgan fingerprint density at radius 1 is 1.00 bits per heavy atom. The Bertz CT molecular complexity index is 633. The molecule has 0 aromatic rings. The molecular formula is C18H34NO10P. The zero-order chi connectivity index (χ0) is 23.7. The minimum absolute atomic E-state index is 0.157. The fourth-order valence-corrected chi connectivity index (χ4v) is 2.92. The van der Waals surface area contributed by atoms with Crippen LogP contribution in [0.5, 0.6) is 0 Å². The Morgan fingerprint density at radius 3 is 1.90 bits per heavy atom. The predicted octanol–water partition coefficient (Wildman–Crippen LogP) is 2.06. The van der Waals surface area contributed by atoms with Gasteiger partial charge >= 0.3 is 25.7 Å². The van der Waals surface area contributed by atoms with Gasteiger partial charge in [-0.2, -0.15) is 0 Å². The van der Waals surface area contributed by atoms with Crippen LogP contribution in [-0.4, -0.2) is 53.5 Å². The van der Waals surface area contributed by atoms with Crippen LogP contribution in [0.4, 0.5) is 0 Å². The lowest BCUT2D eigenvalue weighted by Crippen LogP contribution is -2.35. The van der Waals surface area contributed by atoms with Gasteiger partial charge in [-0.3, -0.25) is 23.4 Å². The Hall–Kier alpha value is -1.52. The fraction of sp³-hybridized carbons (Fsp3) is 0.833. The fourth-order valence-electron chi connectivity index (χ4n) is 2.19. The lowest BCUT2D eigenvalue weighted by atomic mass is 9.85. The summed E-state index contributed by atoms with van der Waals surface area (Å²) >= 11 is 0. The van der Waals surface area contributed by atoms with E-state index < -0.39 is 63.1 Å². The van der Waals surface area contributed by atoms with Crippen LogP contribution in [0, 0.1) is 17.3 Å². The van der Waals surface area contributed by atoms with Crippen LogP contribution >= 0.6 is 7.82 Å². The van der Waals surface area contributed by atoms with Crippen LogP contribution in [0.3, 0.4) is 0 Å². The molecule has 0 saturated heterocycles. The van der Waals surface area contributed by atoms with Crippen LogP contribution in [0.1, 0.15) is 54.4 Å². The molecule has 4 N–H and O–H groups in total. The molecule has 0 aromatic heterocycles. The van der Waals surface area contributed by atoms with E-state index in [9.17, 15) is 23.8 Å². The maximum atomic E-state index is 12.4. The van der Waals surface area contributed by atoms with E-state index in [1.165, 1.54) is 0 Å². The number of aliphatic carboxylic acids is 1. The predicted molar refractivity (Wildman–Crippen MR) is 106 cm³/mol. The van der Waals surface area contributed by atoms with Crippen LogP contribution in [0.15, 0.2) is 0 Å². The summed E-state index contributed by atoms with van der Waals surface area (Å²) in [4.78, 5) is 44.7. The average molecular weight is 455 g/mol. The summed E-state index contributed by atoms with van der Waals surface area (Å²) in [6.45, 7) is 9.28. The molecule has 0 aliphatic heterocycles. The zero-order valence-electron chi connectivity index (χ0n) is 18.3. The maximum absolute atomic E-state index is 12.4. The first-order valence-electron chi connectivity index (χ1n) is 9.59. The van der Waals surface area contributed by atoms with Gasteiger partial charge in [0.1, 0.15) is 12.6 Å². The molecule has 176 valence electrons. The molecule has 0 aliphatic rings. The molecule has 0 radical (unpaired) electrons. The molecule has 0 bridgehead atoms. The molecule has 30 heavy (non-hydrogen) atoms. The number of carboxylic acids is 1. The summed E-state index contributed by atoms with van der Waals surface area (Å²) in [6, 6.07) is -1.54. The van der Waals surface area contributed by atoms with Crippen molar-refractivity contribution in [2.24, 2.45) is 23.0 Å². The van der Waals surface area contributed by atoms with Gasteiger partial charge in [0.05, 0.1) is 18.4 Å². The number of phosphoric ester groups is 1. The van der Waals surface area contributed by atoms with Crippen LogP contribution in [0.25, 0.3) is 0 Å². The number of rotatable bonds is 13. The summed E-state index contributed by atoms with van der Waals surface area (Å²) in [6.07, 6.45) is -0.623. The minimum atomic E-state index is -4.74. The molecule has 12 heteroatoms. The van der Waals surface area contributed by atoms with Gasteiger partial charge in [0.25, 0.3) is 6.29 Å². The second-order valence-electron chi connectivity index (χ2n) is 8.28. The second-order valence-corrected chi connectivity index (χ2v) is 9.74. The number of carboxylic acid groups (broad SMARTS) is 1. The van der Waals surface area contributed by atoms with Crippen molar-refractivity contribution >= 4 is 25.7 Å². The number of phosphoric acid groups is 1. The lowest BCUT2D eigenvalue weighted by Gasteiger charge is -2.25. The molecule has 0 amide bonds. The van der Waals surface area contributed by atoms with E-state index in [4.69, 9.17) is 24.8 Å². The number of ether oxygens (including phenoxy) is 2. The quantitative estimate of drug-likeness (QED) is 0.211. The van der Waals surface area contributed by atoms with Crippen LogP contribution in [0.2, 0.25) is 0 Å². The summed E-state index contributed by atoms with van der Waals surface area (Å²) in [5.41, 5.74) is 5.04. The topological polar surface area (TPSA) is 172 Å². The summed E-state index contributed by atoms with van der Waals surface area (Å²) in [5, 5.41) is 8.67. The normalized spacial score (nSPS) is 17.9. The summed E-state index contributed by atoms with van der Waals surface area (Å²) in [7, 11) is -4.74. The van der Waals surface area contributed by atoms with Crippen molar-refractivity contribution < 1.29 is 47.5 Å². The standard InChI is InChI=1S/C18H34NO10P/c1-7-11(2)16(22)28-14(29-17(23)12(3)8-18(4,5)6)10-27-30(24,25)26-9-13(19)15(20)21/h11-14H,7-10,19H2,1-6H3,(H,20,21)(H,24,25)/t11?,12?,13-,14-/m0/s1. The van der Waals surface area contributed by atoms with Crippen molar-refractivity contribution in [1.29, 1.82) is 0 Å². The van der Waals surface area contributed by atoms with Crippen LogP contribution < -0.4 is 5.73 Å². The summed E-state index contributed by atoms with van der Waals surface area (Å²) in [5.74, 6) is -3.80. The number of carbonyl (C=O) groups is 3. The summed E-state index contributed by atoms with van der Waals surface area (Å²) < 4.78 is 31.4. The van der Waals surface area contributed by atoms with Crippen molar-refractivity contribution in [3.05, 3.63) is 0 Å². The van der Waals surface area contributed by atoms with Crippen molar-refractivity contribution in [3.8, 4) is 0 Å². The Labute approximate surface area is 176 Å². The van der Waals surface area contributed by atoms with E-state index in [-0.39, 0.29) is 5.41 Å². The average Bonchev–Trinajstić information content (AvgIpc) is 2.61. The van der Waals surface area contributed by atoms with Gasteiger partial charge in [0, 0.05) is 0 Å². The van der Waals surface area contributed by atoms with E-state index in [0.717, 1.165) is 0 Å². The van der Waals surface area contributed by atoms with Crippen molar-refractivity contribution in [2.45, 2.75) is 66.7 Å². The minimum Gasteiger partial charge on any atom is -0.480 e. The Kier molecular flexibility index (Phi) is 11.7. The largest absolute Gasteiger partial charge is 0.480 e. The lowest BCUT2D eigenvalue weighted by molar-refractivity contribution is -0.199. The van der Waals surface area contributed by atoms with Gasteiger partial charge in [0.15, 0.2) is 0 Å². The zero-order valence-corrected chi connectivity index (χ0v) is 19.2. The Morgan fingerprint density at radius 2 is 1.47 bits per heavy atom. The molecular weight excluding hydrogens is 421 g/mol. The number of esters is 2. The highest BCUT2D eigenvalue weighted by Gasteiger charge is 2.31. The highest BCUT2D eigenvalue weighted by Crippen LogP contribution is 2.43. The van der Waals surface area contributed by atoms with Gasteiger partial charge in [-0.25, -0.2) is 4.57 Å². The molecule has 0 spiro atoms. The number of hydrogen-bond acceptors (Lipinski definition) is 9. The number of carbonyl (C=O) groups excluding carboxylic acids is 2. The number of hydrogen-bond donors (Lipinski definition) is 3.